The van der Waals surface area contributed by atoms with Gasteiger partial charge in [-0.3, -0.25) is 19.3 Å². The molecule has 2 aliphatic heterocycles. The van der Waals surface area contributed by atoms with Gasteiger partial charge in [0.25, 0.3) is 0 Å². The van der Waals surface area contributed by atoms with Gasteiger partial charge in [-0.1, -0.05) is 30.3 Å². The smallest absolute Gasteiger partial charge is 0.238 e. The first-order chi connectivity index (χ1) is 15.0. The maximum Gasteiger partial charge on any atom is 0.238 e. The molecule has 4 N–H and O–H groups in total. The summed E-state index contributed by atoms with van der Waals surface area (Å²) >= 11 is 1.41. The summed E-state index contributed by atoms with van der Waals surface area (Å²) in [4.78, 5) is 39.9. The quantitative estimate of drug-likeness (QED) is 0.643. The number of likely N-dealkylation sites (tertiary alicyclic amines) is 1. The van der Waals surface area contributed by atoms with Gasteiger partial charge >= 0.3 is 0 Å². The molecule has 4 rings (SSSR count). The van der Waals surface area contributed by atoms with Crippen LogP contribution in [0.3, 0.4) is 0 Å². The van der Waals surface area contributed by atoms with Crippen molar-refractivity contribution in [2.24, 2.45) is 11.7 Å². The van der Waals surface area contributed by atoms with E-state index in [1.54, 1.807) is 0 Å². The summed E-state index contributed by atoms with van der Waals surface area (Å²) in [6.07, 6.45) is 1.85. The molecule has 2 aliphatic rings. The number of hydrogen-bond acceptors (Lipinski definition) is 5. The zero-order valence-electron chi connectivity index (χ0n) is 17.2. The molecule has 0 spiro atoms. The number of para-hydroxylation sites is 2. The number of thioether (sulfide) groups is 1. The third-order valence-electron chi connectivity index (χ3n) is 5.67. The molecule has 162 valence electrons. The number of carbonyl (C=O) groups excluding carboxylic acids is 3. The van der Waals surface area contributed by atoms with Gasteiger partial charge in [0.05, 0.1) is 16.9 Å². The number of anilines is 2. The lowest BCUT2D eigenvalue weighted by Gasteiger charge is -2.31. The Labute approximate surface area is 185 Å². The minimum Gasteiger partial charge on any atom is -0.369 e. The molecular weight excluding hydrogens is 412 g/mol. The molecule has 1 fully saturated rings. The molecule has 31 heavy (non-hydrogen) atoms. The molecule has 2 aromatic rings. The van der Waals surface area contributed by atoms with Crippen LogP contribution in [-0.4, -0.2) is 41.0 Å². The van der Waals surface area contributed by atoms with Gasteiger partial charge in [0.15, 0.2) is 0 Å². The number of rotatable bonds is 6. The molecule has 7 nitrogen and oxygen atoms in total. The Hall–Kier alpha value is -2.84. The molecule has 0 radical (unpaired) electrons. The SMILES string of the molecule is NC(=O)C1CCCN(Cc2ccccc2NC(=O)CC2Sc3ccccc3NC2=O)C1. The predicted octanol–water partition coefficient (Wildman–Crippen LogP) is 2.83. The van der Waals surface area contributed by atoms with Gasteiger partial charge in [-0.15, -0.1) is 11.8 Å². The molecule has 2 aromatic carbocycles. The molecule has 2 heterocycles. The van der Waals surface area contributed by atoms with Gasteiger partial charge in [-0.05, 0) is 43.1 Å². The average Bonchev–Trinajstić information content (AvgIpc) is 2.76. The number of piperidine rings is 1. The fourth-order valence-electron chi connectivity index (χ4n) is 4.05. The topological polar surface area (TPSA) is 105 Å². The molecule has 3 amide bonds. The van der Waals surface area contributed by atoms with Crippen LogP contribution in [0.4, 0.5) is 11.4 Å². The van der Waals surface area contributed by atoms with Crippen LogP contribution in [0.25, 0.3) is 0 Å². The number of nitrogens with one attached hydrogen (secondary N) is 2. The largest absolute Gasteiger partial charge is 0.369 e. The first kappa shape index (κ1) is 21.4. The van der Waals surface area contributed by atoms with Crippen LogP contribution in [0.1, 0.15) is 24.8 Å². The second-order valence-electron chi connectivity index (χ2n) is 7.98. The number of fused-ring (bicyclic) bond motifs is 1. The summed E-state index contributed by atoms with van der Waals surface area (Å²) in [6, 6.07) is 15.2. The van der Waals surface area contributed by atoms with Crippen LogP contribution in [0.5, 0.6) is 0 Å². The van der Waals surface area contributed by atoms with Crippen molar-refractivity contribution in [2.45, 2.75) is 36.0 Å². The molecule has 0 aliphatic carbocycles. The van der Waals surface area contributed by atoms with E-state index in [4.69, 9.17) is 5.73 Å². The second-order valence-corrected chi connectivity index (χ2v) is 9.22. The highest BCUT2D eigenvalue weighted by atomic mass is 32.2. The molecular formula is C23H26N4O3S. The van der Waals surface area contributed by atoms with E-state index in [9.17, 15) is 14.4 Å². The molecule has 0 bridgehead atoms. The molecule has 2 unspecified atom stereocenters. The van der Waals surface area contributed by atoms with E-state index in [-0.39, 0.29) is 30.1 Å². The monoisotopic (exact) mass is 438 g/mol. The third kappa shape index (κ3) is 5.26. The van der Waals surface area contributed by atoms with Gasteiger partial charge < -0.3 is 16.4 Å². The van der Waals surface area contributed by atoms with E-state index in [1.165, 1.54) is 11.8 Å². The third-order valence-corrected chi connectivity index (χ3v) is 6.95. The van der Waals surface area contributed by atoms with Crippen LogP contribution >= 0.6 is 11.8 Å². The summed E-state index contributed by atoms with van der Waals surface area (Å²) in [5.41, 5.74) is 7.99. The van der Waals surface area contributed by atoms with Gasteiger partial charge in [0, 0.05) is 30.1 Å². The summed E-state index contributed by atoms with van der Waals surface area (Å²) in [5.74, 6) is -0.734. The maximum atomic E-state index is 12.7. The molecule has 1 saturated heterocycles. The van der Waals surface area contributed by atoms with Gasteiger partial charge in [-0.25, -0.2) is 0 Å². The number of carbonyl (C=O) groups is 3. The van der Waals surface area contributed by atoms with E-state index < -0.39 is 5.25 Å². The Morgan fingerprint density at radius 3 is 2.77 bits per heavy atom. The number of amides is 3. The number of hydrogen-bond donors (Lipinski definition) is 3. The molecule has 0 saturated carbocycles. The van der Waals surface area contributed by atoms with Crippen molar-refractivity contribution in [1.29, 1.82) is 0 Å². The van der Waals surface area contributed by atoms with Crippen LogP contribution in [0.15, 0.2) is 53.4 Å². The van der Waals surface area contributed by atoms with Gasteiger partial charge in [-0.2, -0.15) is 0 Å². The van der Waals surface area contributed by atoms with Gasteiger partial charge in [0.1, 0.15) is 0 Å². The Kier molecular flexibility index (Phi) is 6.58. The average molecular weight is 439 g/mol. The molecule has 0 aromatic heterocycles. The summed E-state index contributed by atoms with van der Waals surface area (Å²) in [5, 5.41) is 5.38. The van der Waals surface area contributed by atoms with Crippen LogP contribution < -0.4 is 16.4 Å². The lowest BCUT2D eigenvalue weighted by molar-refractivity contribution is -0.123. The van der Waals surface area contributed by atoms with E-state index in [0.717, 1.165) is 41.2 Å². The maximum absolute atomic E-state index is 12.7. The van der Waals surface area contributed by atoms with Crippen molar-refractivity contribution in [3.8, 4) is 0 Å². The molecule has 2 atom stereocenters. The van der Waals surface area contributed by atoms with Crippen molar-refractivity contribution >= 4 is 40.9 Å². The van der Waals surface area contributed by atoms with E-state index in [1.807, 2.05) is 48.5 Å². The van der Waals surface area contributed by atoms with Crippen LogP contribution in [0.2, 0.25) is 0 Å². The van der Waals surface area contributed by atoms with Crippen molar-refractivity contribution < 1.29 is 14.4 Å². The van der Waals surface area contributed by atoms with Crippen LogP contribution in [0, 0.1) is 5.92 Å². The van der Waals surface area contributed by atoms with Crippen LogP contribution in [-0.2, 0) is 20.9 Å². The standard InChI is InChI=1S/C23H26N4O3S/c24-22(29)16-7-5-11-27(14-16)13-15-6-1-2-8-17(15)25-21(28)12-20-23(30)26-18-9-3-4-10-19(18)31-20/h1-4,6,8-10,16,20H,5,7,11-14H2,(H2,24,29)(H,25,28)(H,26,30). The van der Waals surface area contributed by atoms with Crippen molar-refractivity contribution in [3.05, 3.63) is 54.1 Å². The Morgan fingerprint density at radius 2 is 1.94 bits per heavy atom. The van der Waals surface area contributed by atoms with E-state index >= 15 is 0 Å². The van der Waals surface area contributed by atoms with E-state index in [0.29, 0.717) is 13.1 Å². The highest BCUT2D eigenvalue weighted by Gasteiger charge is 2.29. The Bertz CT molecular complexity index is 996. The highest BCUT2D eigenvalue weighted by molar-refractivity contribution is 8.01. The number of primary amides is 1. The minimum atomic E-state index is -0.472. The Morgan fingerprint density at radius 1 is 1.16 bits per heavy atom. The highest BCUT2D eigenvalue weighted by Crippen LogP contribution is 2.36. The summed E-state index contributed by atoms with van der Waals surface area (Å²) in [6.45, 7) is 2.16. The fraction of sp³-hybridized carbons (Fsp3) is 0.348. The Balaban J connectivity index is 1.39. The zero-order valence-corrected chi connectivity index (χ0v) is 18.0. The predicted molar refractivity (Wildman–Crippen MR) is 122 cm³/mol. The number of nitrogens with two attached hydrogens (primary N) is 1. The minimum absolute atomic E-state index is 0.0899. The second kappa shape index (κ2) is 9.53. The number of nitrogens with zero attached hydrogens (tertiary/aromatic N) is 1. The lowest BCUT2D eigenvalue weighted by Crippen LogP contribution is -2.40. The van der Waals surface area contributed by atoms with Crippen molar-refractivity contribution in [2.75, 3.05) is 23.7 Å². The van der Waals surface area contributed by atoms with E-state index in [2.05, 4.69) is 15.5 Å². The lowest BCUT2D eigenvalue weighted by atomic mass is 9.97. The first-order valence-electron chi connectivity index (χ1n) is 10.5. The van der Waals surface area contributed by atoms with Gasteiger partial charge in [0.2, 0.25) is 17.7 Å². The fourth-order valence-corrected chi connectivity index (χ4v) is 5.16. The zero-order chi connectivity index (χ0) is 21.8. The van der Waals surface area contributed by atoms with Crippen molar-refractivity contribution in [1.82, 2.24) is 4.90 Å². The van der Waals surface area contributed by atoms with Crippen molar-refractivity contribution in [3.63, 3.8) is 0 Å². The number of benzene rings is 2. The first-order valence-corrected chi connectivity index (χ1v) is 11.3. The summed E-state index contributed by atoms with van der Waals surface area (Å²) in [7, 11) is 0. The normalized spacial score (nSPS) is 21.1. The summed E-state index contributed by atoms with van der Waals surface area (Å²) < 4.78 is 0. The molecule has 8 heteroatoms.